The van der Waals surface area contributed by atoms with Crippen LogP contribution in [0.3, 0.4) is 0 Å². The van der Waals surface area contributed by atoms with E-state index in [1.165, 1.54) is 0 Å². The number of carbonyl (C=O) groups excluding carboxylic acids is 2. The number of rotatable bonds is 7. The summed E-state index contributed by atoms with van der Waals surface area (Å²) in [5.41, 5.74) is 9.56. The van der Waals surface area contributed by atoms with Crippen molar-refractivity contribution >= 4 is 11.8 Å². The number of nitrogens with zero attached hydrogens (tertiary/aromatic N) is 3. The third-order valence-corrected chi connectivity index (χ3v) is 6.52. The number of piperidine rings is 1. The van der Waals surface area contributed by atoms with Crippen molar-refractivity contribution in [2.75, 3.05) is 13.1 Å². The van der Waals surface area contributed by atoms with E-state index in [1.807, 2.05) is 40.8 Å². The van der Waals surface area contributed by atoms with E-state index in [0.29, 0.717) is 38.9 Å². The molecule has 2 N–H and O–H groups in total. The predicted molar refractivity (Wildman–Crippen MR) is 125 cm³/mol. The number of likely N-dealkylation sites (tertiary alicyclic amines) is 1. The van der Waals surface area contributed by atoms with Gasteiger partial charge in [-0.1, -0.05) is 54.6 Å². The molecule has 1 aliphatic heterocycles. The molecular weight excluding hydrogens is 400 g/mol. The van der Waals surface area contributed by atoms with Gasteiger partial charge in [0.1, 0.15) is 0 Å². The van der Waals surface area contributed by atoms with Gasteiger partial charge in [0.2, 0.25) is 11.8 Å². The third kappa shape index (κ3) is 4.74. The highest BCUT2D eigenvalue weighted by molar-refractivity contribution is 5.83. The zero-order valence-corrected chi connectivity index (χ0v) is 18.5. The summed E-state index contributed by atoms with van der Waals surface area (Å²) in [6.07, 6.45) is 4.12. The van der Waals surface area contributed by atoms with Crippen LogP contribution in [-0.4, -0.2) is 39.6 Å². The molecule has 1 atom stereocenters. The molecule has 0 bridgehead atoms. The number of aryl methyl sites for hydroxylation is 2. The number of primary amides is 1. The van der Waals surface area contributed by atoms with E-state index in [0.717, 1.165) is 28.8 Å². The van der Waals surface area contributed by atoms with Gasteiger partial charge in [-0.15, -0.1) is 0 Å². The summed E-state index contributed by atoms with van der Waals surface area (Å²) in [5.74, 6) is -0.283. The Morgan fingerprint density at radius 2 is 1.75 bits per heavy atom. The second-order valence-electron chi connectivity index (χ2n) is 8.75. The van der Waals surface area contributed by atoms with Crippen LogP contribution < -0.4 is 5.73 Å². The van der Waals surface area contributed by atoms with Crippen LogP contribution in [0.5, 0.6) is 0 Å². The Bertz CT molecular complexity index is 1070. The fraction of sp³-hybridized carbons (Fsp3) is 0.346. The van der Waals surface area contributed by atoms with Crippen molar-refractivity contribution in [3.63, 3.8) is 0 Å². The van der Waals surface area contributed by atoms with E-state index in [4.69, 9.17) is 5.73 Å². The van der Waals surface area contributed by atoms with Gasteiger partial charge < -0.3 is 10.6 Å². The van der Waals surface area contributed by atoms with Crippen molar-refractivity contribution < 1.29 is 9.59 Å². The molecule has 6 nitrogen and oxygen atoms in total. The topological polar surface area (TPSA) is 81.2 Å². The number of hydrogen-bond donors (Lipinski definition) is 1. The van der Waals surface area contributed by atoms with Gasteiger partial charge >= 0.3 is 0 Å². The van der Waals surface area contributed by atoms with Crippen LogP contribution in [0.4, 0.5) is 0 Å². The van der Waals surface area contributed by atoms with Crippen LogP contribution in [0.25, 0.3) is 11.1 Å². The molecule has 1 aromatic heterocycles. The summed E-state index contributed by atoms with van der Waals surface area (Å²) in [6.45, 7) is 3.55. The molecule has 32 heavy (non-hydrogen) atoms. The van der Waals surface area contributed by atoms with Gasteiger partial charge in [0.05, 0.1) is 5.41 Å². The maximum atomic E-state index is 12.9. The molecule has 3 aromatic rings. The third-order valence-electron chi connectivity index (χ3n) is 6.52. The van der Waals surface area contributed by atoms with Crippen LogP contribution >= 0.6 is 0 Å². The van der Waals surface area contributed by atoms with Crippen molar-refractivity contribution in [3.8, 4) is 11.1 Å². The molecule has 6 heteroatoms. The van der Waals surface area contributed by atoms with E-state index in [9.17, 15) is 9.59 Å². The number of benzene rings is 2. The second-order valence-corrected chi connectivity index (χ2v) is 8.75. The van der Waals surface area contributed by atoms with Crippen LogP contribution in [0.15, 0.2) is 66.9 Å². The molecule has 2 amide bonds. The molecule has 0 saturated carbocycles. The second kappa shape index (κ2) is 9.39. The summed E-state index contributed by atoms with van der Waals surface area (Å²) >= 11 is 0. The molecule has 2 heterocycles. The largest absolute Gasteiger partial charge is 0.369 e. The molecular formula is C26H30N4O2. The van der Waals surface area contributed by atoms with E-state index in [-0.39, 0.29) is 11.8 Å². The average molecular weight is 431 g/mol. The van der Waals surface area contributed by atoms with Crippen molar-refractivity contribution in [2.45, 2.75) is 39.2 Å². The molecule has 2 aromatic carbocycles. The number of amides is 2. The normalized spacial score (nSPS) is 18.5. The van der Waals surface area contributed by atoms with Crippen molar-refractivity contribution in [3.05, 3.63) is 78.1 Å². The summed E-state index contributed by atoms with van der Waals surface area (Å²) in [6, 6.07) is 20.4. The Balaban J connectivity index is 1.45. The molecule has 0 unspecified atom stereocenters. The number of hydrogen-bond acceptors (Lipinski definition) is 3. The van der Waals surface area contributed by atoms with Crippen LogP contribution in [-0.2, 0) is 22.6 Å². The lowest BCUT2D eigenvalue weighted by molar-refractivity contribution is -0.140. The first-order valence-corrected chi connectivity index (χ1v) is 11.2. The van der Waals surface area contributed by atoms with Gasteiger partial charge in [0, 0.05) is 37.9 Å². The zero-order chi connectivity index (χ0) is 22.6. The molecule has 4 rings (SSSR count). The van der Waals surface area contributed by atoms with Crippen LogP contribution in [0.2, 0.25) is 0 Å². The van der Waals surface area contributed by atoms with Crippen LogP contribution in [0.1, 0.15) is 30.5 Å². The highest BCUT2D eigenvalue weighted by Gasteiger charge is 2.42. The molecule has 0 radical (unpaired) electrons. The highest BCUT2D eigenvalue weighted by Crippen LogP contribution is 2.34. The monoisotopic (exact) mass is 430 g/mol. The molecule has 1 aliphatic rings. The molecule has 1 saturated heterocycles. The standard InChI is InChI=1S/C26H30N4O2/c1-20-12-15-28-30(20)17-13-24(31)29-16-5-14-26(19-29,25(27)32)18-21-8-10-23(11-9-21)22-6-3-2-4-7-22/h2-4,6-12,15H,5,13-14,16-19H2,1H3,(H2,27,32)/t26-/m0/s1. The number of nitrogens with two attached hydrogens (primary N) is 1. The zero-order valence-electron chi connectivity index (χ0n) is 18.5. The lowest BCUT2D eigenvalue weighted by Gasteiger charge is -2.41. The first-order chi connectivity index (χ1) is 15.5. The van der Waals surface area contributed by atoms with Crippen LogP contribution in [0, 0.1) is 12.3 Å². The van der Waals surface area contributed by atoms with Gasteiger partial charge in [0.25, 0.3) is 0 Å². The first kappa shape index (κ1) is 21.8. The SMILES string of the molecule is Cc1ccnn1CCC(=O)N1CCC[C@@](Cc2ccc(-c3ccccc3)cc2)(C(N)=O)C1. The van der Waals surface area contributed by atoms with E-state index in [2.05, 4.69) is 41.5 Å². The summed E-state index contributed by atoms with van der Waals surface area (Å²) < 4.78 is 1.83. The summed E-state index contributed by atoms with van der Waals surface area (Å²) in [7, 11) is 0. The minimum absolute atomic E-state index is 0.0460. The fourth-order valence-electron chi connectivity index (χ4n) is 4.61. The maximum Gasteiger partial charge on any atom is 0.225 e. The summed E-state index contributed by atoms with van der Waals surface area (Å²) in [4.78, 5) is 27.3. The Morgan fingerprint density at radius 3 is 2.41 bits per heavy atom. The van der Waals surface area contributed by atoms with E-state index >= 15 is 0 Å². The Hall–Kier alpha value is -3.41. The Kier molecular flexibility index (Phi) is 6.40. The van der Waals surface area contributed by atoms with Gasteiger partial charge in [-0.05, 0) is 48.9 Å². The average Bonchev–Trinajstić information content (AvgIpc) is 3.23. The predicted octanol–water partition coefficient (Wildman–Crippen LogP) is 3.59. The molecule has 0 spiro atoms. The number of aromatic nitrogens is 2. The van der Waals surface area contributed by atoms with E-state index in [1.54, 1.807) is 6.20 Å². The maximum absolute atomic E-state index is 12.9. The molecule has 0 aliphatic carbocycles. The van der Waals surface area contributed by atoms with Crippen molar-refractivity contribution in [1.29, 1.82) is 0 Å². The van der Waals surface area contributed by atoms with Crippen molar-refractivity contribution in [2.24, 2.45) is 11.1 Å². The lowest BCUT2D eigenvalue weighted by Crippen LogP contribution is -2.53. The fourth-order valence-corrected chi connectivity index (χ4v) is 4.61. The number of carbonyl (C=O) groups is 2. The quantitative estimate of drug-likeness (QED) is 0.622. The smallest absolute Gasteiger partial charge is 0.225 e. The van der Waals surface area contributed by atoms with Gasteiger partial charge in [-0.3, -0.25) is 14.3 Å². The first-order valence-electron chi connectivity index (χ1n) is 11.2. The molecule has 166 valence electrons. The Labute approximate surface area is 189 Å². The van der Waals surface area contributed by atoms with Gasteiger partial charge in [-0.25, -0.2) is 0 Å². The molecule has 1 fully saturated rings. The minimum atomic E-state index is -0.732. The summed E-state index contributed by atoms with van der Waals surface area (Å²) in [5, 5.41) is 4.25. The van der Waals surface area contributed by atoms with Gasteiger partial charge in [0.15, 0.2) is 0 Å². The van der Waals surface area contributed by atoms with E-state index < -0.39 is 5.41 Å². The lowest BCUT2D eigenvalue weighted by atomic mass is 9.74. The van der Waals surface area contributed by atoms with Gasteiger partial charge in [-0.2, -0.15) is 5.10 Å². The van der Waals surface area contributed by atoms with Crippen molar-refractivity contribution in [1.82, 2.24) is 14.7 Å². The minimum Gasteiger partial charge on any atom is -0.369 e. The highest BCUT2D eigenvalue weighted by atomic mass is 16.2. The Morgan fingerprint density at radius 1 is 1.03 bits per heavy atom.